The Balaban J connectivity index is 2.00. The van der Waals surface area contributed by atoms with Gasteiger partial charge in [-0.1, -0.05) is 182 Å². The fourth-order valence-electron chi connectivity index (χ4n) is 9.64. The molecule has 1 aliphatic heterocycles. The lowest BCUT2D eigenvalue weighted by molar-refractivity contribution is -0.275. The van der Waals surface area contributed by atoms with Crippen LogP contribution in [-0.2, 0) is 14.3 Å². The minimum Gasteiger partial charge on any atom is -0.387 e. The van der Waals surface area contributed by atoms with Crippen LogP contribution in [0, 0.1) is 5.92 Å². The lowest BCUT2D eigenvalue weighted by atomic mass is 9.98. The van der Waals surface area contributed by atoms with Crippen molar-refractivity contribution in [3.05, 3.63) is 0 Å². The van der Waals surface area contributed by atoms with E-state index in [-0.39, 0.29) is 5.91 Å². The van der Waals surface area contributed by atoms with Gasteiger partial charge in [-0.05, 0) is 71.4 Å². The molecule has 0 spiro atoms. The topological polar surface area (TPSA) is 221 Å². The van der Waals surface area contributed by atoms with E-state index in [4.69, 9.17) is 4.74 Å². The third-order valence-corrected chi connectivity index (χ3v) is 14.4. The van der Waals surface area contributed by atoms with Gasteiger partial charge in [-0.15, -0.1) is 0 Å². The molecule has 15 nitrogen and oxygen atoms in total. The summed E-state index contributed by atoms with van der Waals surface area (Å²) in [7, 11) is 4.07. The summed E-state index contributed by atoms with van der Waals surface area (Å²) in [6.45, 7) is 12.2. The number of carbonyl (C=O) groups is 2. The van der Waals surface area contributed by atoms with Crippen molar-refractivity contribution in [2.24, 2.45) is 5.92 Å². The number of aliphatic hydroxyl groups excluding tert-OH is 4. The highest BCUT2D eigenvalue weighted by Crippen LogP contribution is 2.21. The van der Waals surface area contributed by atoms with Crippen LogP contribution in [0.3, 0.4) is 0 Å². The first-order valence-electron chi connectivity index (χ1n) is 29.3. The molecule has 0 aromatic rings. The fraction of sp³-hybridized carbons (Fsp3) is 0.964. The first kappa shape index (κ1) is 66.5. The van der Waals surface area contributed by atoms with Gasteiger partial charge in [0.2, 0.25) is 5.91 Å². The first-order valence-corrected chi connectivity index (χ1v) is 29.3. The quantitative estimate of drug-likeness (QED) is 0.0208. The van der Waals surface area contributed by atoms with Gasteiger partial charge in [0.05, 0.1) is 24.7 Å². The first-order chi connectivity index (χ1) is 34.0. The Hall–Kier alpha value is -1.50. The standard InChI is InChI=1S/C55H114N8O7/c1-7-36-47(62-45(9-3)56-5)60-42-44(43-61-48(37-8-2)63-46(10-4)57-6)38-32-29-31-34-40-58-49(64)39-33-28-26-24-22-20-18-16-14-12-11-13-15-17-19-21-23-25-27-30-35-41-59-54(68)53-51(66)50(65)52(67)55(69)70-53/h44-48,50-53,55-57,60-63,65-67,69H,7-43H2,1-6H3,(H,58,64)(H,59,68). The van der Waals surface area contributed by atoms with Gasteiger partial charge in [0.15, 0.2) is 12.4 Å². The third-order valence-electron chi connectivity index (χ3n) is 14.4. The van der Waals surface area contributed by atoms with Crippen LogP contribution < -0.4 is 42.5 Å². The molecule has 15 heteroatoms. The second-order valence-electron chi connectivity index (χ2n) is 20.6. The molecule has 416 valence electrons. The monoisotopic (exact) mass is 999 g/mol. The van der Waals surface area contributed by atoms with E-state index in [1.807, 2.05) is 14.1 Å². The Bertz CT molecular complexity index is 1160. The van der Waals surface area contributed by atoms with Gasteiger partial charge in [0.1, 0.15) is 18.3 Å². The summed E-state index contributed by atoms with van der Waals surface area (Å²) in [5.41, 5.74) is 0. The smallest absolute Gasteiger partial charge is 0.252 e. The van der Waals surface area contributed by atoms with Gasteiger partial charge in [0.25, 0.3) is 5.91 Å². The number of hydrogen-bond donors (Lipinski definition) is 12. The number of hydrogen-bond acceptors (Lipinski definition) is 13. The van der Waals surface area contributed by atoms with Gasteiger partial charge in [0, 0.05) is 32.6 Å². The molecule has 2 amide bonds. The summed E-state index contributed by atoms with van der Waals surface area (Å²) in [6.07, 6.45) is 32.6. The highest BCUT2D eigenvalue weighted by atomic mass is 16.6. The number of ether oxygens (including phenoxy) is 1. The number of nitrogens with one attached hydrogen (secondary N) is 8. The number of amides is 2. The molecule has 0 bridgehead atoms. The zero-order chi connectivity index (χ0) is 51.5. The molecular formula is C55H114N8O7. The van der Waals surface area contributed by atoms with Crippen molar-refractivity contribution in [1.29, 1.82) is 0 Å². The van der Waals surface area contributed by atoms with Crippen LogP contribution in [0.1, 0.15) is 240 Å². The summed E-state index contributed by atoms with van der Waals surface area (Å²) in [5, 5.41) is 66.9. The average Bonchev–Trinajstić information content (AvgIpc) is 3.36. The van der Waals surface area contributed by atoms with Crippen molar-refractivity contribution >= 4 is 11.8 Å². The number of unbranched alkanes of at least 4 members (excludes halogenated alkanes) is 23. The Labute approximate surface area is 428 Å². The van der Waals surface area contributed by atoms with Crippen LogP contribution in [0.4, 0.5) is 0 Å². The summed E-state index contributed by atoms with van der Waals surface area (Å²) in [6, 6.07) is 0. The molecule has 1 aliphatic rings. The number of carbonyl (C=O) groups excluding carboxylic acids is 2. The van der Waals surface area contributed by atoms with Gasteiger partial charge in [-0.3, -0.25) is 20.2 Å². The maximum atomic E-state index is 12.5. The van der Waals surface area contributed by atoms with Crippen LogP contribution in [0.15, 0.2) is 0 Å². The molecule has 0 radical (unpaired) electrons. The van der Waals surface area contributed by atoms with E-state index in [9.17, 15) is 30.0 Å². The van der Waals surface area contributed by atoms with Crippen LogP contribution in [0.25, 0.3) is 0 Å². The molecule has 0 aromatic carbocycles. The van der Waals surface area contributed by atoms with Gasteiger partial charge >= 0.3 is 0 Å². The minimum atomic E-state index is -1.71. The molecule has 9 unspecified atom stereocenters. The van der Waals surface area contributed by atoms with Crippen molar-refractivity contribution in [2.75, 3.05) is 40.3 Å². The van der Waals surface area contributed by atoms with Crippen LogP contribution >= 0.6 is 0 Å². The summed E-state index contributed by atoms with van der Waals surface area (Å²) in [5.74, 6) is 0.187. The van der Waals surface area contributed by atoms with E-state index < -0.39 is 36.6 Å². The van der Waals surface area contributed by atoms with E-state index in [1.54, 1.807) is 0 Å². The molecule has 0 aromatic heterocycles. The van der Waals surface area contributed by atoms with Crippen LogP contribution in [0.5, 0.6) is 0 Å². The maximum absolute atomic E-state index is 12.5. The Morgan fingerprint density at radius 1 is 0.457 bits per heavy atom. The number of rotatable bonds is 50. The number of aliphatic hydroxyl groups is 4. The average molecular weight is 1000 g/mol. The normalized spacial score (nSPS) is 20.5. The molecule has 1 rings (SSSR count). The van der Waals surface area contributed by atoms with E-state index in [1.165, 1.54) is 128 Å². The van der Waals surface area contributed by atoms with Crippen molar-refractivity contribution in [1.82, 2.24) is 42.5 Å². The highest BCUT2D eigenvalue weighted by Gasteiger charge is 2.46. The SMILES string of the molecule is CCCC(NCC(CCCCCCNC(=O)CCCCCCCCCCCCCCCCCCCCCCCNC(=O)C1OC(O)C(O)C(O)C1O)CNC(CCC)NC(CC)NC)NC(CC)NC. The molecule has 1 fully saturated rings. The molecule has 9 atom stereocenters. The molecule has 0 aliphatic carbocycles. The van der Waals surface area contributed by atoms with E-state index in [0.717, 1.165) is 96.7 Å². The molecular weight excluding hydrogens is 885 g/mol. The maximum Gasteiger partial charge on any atom is 0.252 e. The Kier molecular flexibility index (Phi) is 43.8. The molecule has 12 N–H and O–H groups in total. The predicted octanol–water partition coefficient (Wildman–Crippen LogP) is 7.69. The summed E-state index contributed by atoms with van der Waals surface area (Å²) in [4.78, 5) is 24.7. The molecule has 1 saturated heterocycles. The second kappa shape index (κ2) is 46.1. The van der Waals surface area contributed by atoms with Gasteiger partial charge in [-0.2, -0.15) is 0 Å². The predicted molar refractivity (Wildman–Crippen MR) is 289 cm³/mol. The van der Waals surface area contributed by atoms with E-state index in [0.29, 0.717) is 43.5 Å². The molecule has 1 heterocycles. The van der Waals surface area contributed by atoms with E-state index >= 15 is 0 Å². The molecule has 0 saturated carbocycles. The van der Waals surface area contributed by atoms with E-state index in [2.05, 4.69) is 70.2 Å². The van der Waals surface area contributed by atoms with Crippen molar-refractivity contribution in [2.45, 2.75) is 295 Å². The minimum absolute atomic E-state index is 0.225. The van der Waals surface area contributed by atoms with Crippen LogP contribution in [0.2, 0.25) is 0 Å². The van der Waals surface area contributed by atoms with Crippen molar-refractivity contribution in [3.8, 4) is 0 Å². The van der Waals surface area contributed by atoms with Crippen molar-refractivity contribution in [3.63, 3.8) is 0 Å². The Morgan fingerprint density at radius 2 is 0.843 bits per heavy atom. The largest absolute Gasteiger partial charge is 0.387 e. The van der Waals surface area contributed by atoms with Crippen LogP contribution in [-0.4, -0.2) is 128 Å². The lowest BCUT2D eigenvalue weighted by Gasteiger charge is -2.37. The van der Waals surface area contributed by atoms with Gasteiger partial charge in [-0.25, -0.2) is 0 Å². The summed E-state index contributed by atoms with van der Waals surface area (Å²) >= 11 is 0. The summed E-state index contributed by atoms with van der Waals surface area (Å²) < 4.78 is 4.96. The lowest BCUT2D eigenvalue weighted by Crippen LogP contribution is -2.61. The highest BCUT2D eigenvalue weighted by molar-refractivity contribution is 5.81. The Morgan fingerprint density at radius 3 is 1.24 bits per heavy atom. The third kappa shape index (κ3) is 34.1. The zero-order valence-electron chi connectivity index (χ0n) is 46.0. The fourth-order valence-corrected chi connectivity index (χ4v) is 9.64. The molecule has 70 heavy (non-hydrogen) atoms. The van der Waals surface area contributed by atoms with Gasteiger partial charge < -0.3 is 57.1 Å². The zero-order valence-corrected chi connectivity index (χ0v) is 46.0. The van der Waals surface area contributed by atoms with Crippen molar-refractivity contribution < 1.29 is 34.8 Å². The second-order valence-corrected chi connectivity index (χ2v) is 20.6.